The predicted molar refractivity (Wildman–Crippen MR) is 125 cm³/mol. The lowest BCUT2D eigenvalue weighted by Gasteiger charge is -2.43. The zero-order valence-corrected chi connectivity index (χ0v) is 20.4. The molecule has 1 aromatic rings. The van der Waals surface area contributed by atoms with Gasteiger partial charge in [-0.1, -0.05) is 6.42 Å². The van der Waals surface area contributed by atoms with Crippen LogP contribution in [0, 0.1) is 0 Å². The molecule has 0 atom stereocenters. The number of amides is 1. The summed E-state index contributed by atoms with van der Waals surface area (Å²) in [5.74, 6) is -0.00318. The van der Waals surface area contributed by atoms with E-state index in [1.165, 1.54) is 45.6 Å². The van der Waals surface area contributed by atoms with E-state index in [0.717, 1.165) is 76.2 Å². The van der Waals surface area contributed by atoms with Crippen molar-refractivity contribution in [1.29, 1.82) is 0 Å². The minimum absolute atomic E-state index is 0.0417. The van der Waals surface area contributed by atoms with Crippen LogP contribution in [0.2, 0.25) is 0 Å². The number of fused-ring (bicyclic) bond motifs is 1. The second kappa shape index (κ2) is 11.9. The highest BCUT2D eigenvalue weighted by molar-refractivity contribution is 5.47. The zero-order valence-electron chi connectivity index (χ0n) is 20.4. The molecule has 4 rings (SSSR count). The smallest absolute Gasteiger partial charge is 0.448 e. The van der Waals surface area contributed by atoms with Crippen molar-refractivity contribution in [2.24, 2.45) is 0 Å². The Morgan fingerprint density at radius 1 is 1.12 bits per heavy atom. The van der Waals surface area contributed by atoms with Crippen molar-refractivity contribution < 1.29 is 22.7 Å². The average molecular weight is 484 g/mol. The number of carbonyl (C=O) groups excluding carboxylic acids is 1. The molecule has 1 saturated carbocycles. The number of nitrogens with zero attached hydrogens (tertiary/aromatic N) is 5. The van der Waals surface area contributed by atoms with E-state index in [9.17, 15) is 18.0 Å². The molecule has 1 saturated heterocycles. The number of alkyl halides is 3. The van der Waals surface area contributed by atoms with Gasteiger partial charge < -0.3 is 14.5 Å². The van der Waals surface area contributed by atoms with Gasteiger partial charge >= 0.3 is 6.18 Å². The van der Waals surface area contributed by atoms with Crippen LogP contribution in [0.25, 0.3) is 0 Å². The van der Waals surface area contributed by atoms with Crippen molar-refractivity contribution in [3.63, 3.8) is 0 Å². The Morgan fingerprint density at radius 2 is 1.79 bits per heavy atom. The normalized spacial score (nSPS) is 19.2. The molecule has 3 aliphatic rings. The number of allylic oxidation sites excluding steroid dienone is 2. The van der Waals surface area contributed by atoms with Gasteiger partial charge in [-0.05, 0) is 51.2 Å². The van der Waals surface area contributed by atoms with Gasteiger partial charge in [0.15, 0.2) is 5.76 Å². The SMILES string of the molecule is CCOC(=C(C)C)C(F)(F)F.O=CN1CCc2cnc(N3CCN(C4CCC4)CC3)nc2CC1. The van der Waals surface area contributed by atoms with Crippen molar-refractivity contribution in [2.75, 3.05) is 50.8 Å². The van der Waals surface area contributed by atoms with Gasteiger partial charge in [0.25, 0.3) is 0 Å². The highest BCUT2D eigenvalue weighted by Crippen LogP contribution is 2.29. The summed E-state index contributed by atoms with van der Waals surface area (Å²) >= 11 is 0. The number of hydrogen-bond donors (Lipinski definition) is 0. The van der Waals surface area contributed by atoms with E-state index in [1.54, 1.807) is 0 Å². The van der Waals surface area contributed by atoms with Gasteiger partial charge in [0.1, 0.15) is 0 Å². The number of ether oxygens (including phenoxy) is 1. The van der Waals surface area contributed by atoms with Crippen molar-refractivity contribution in [3.05, 3.63) is 28.8 Å². The fourth-order valence-electron chi connectivity index (χ4n) is 4.43. The van der Waals surface area contributed by atoms with Crippen LogP contribution >= 0.6 is 0 Å². The molecule has 0 spiro atoms. The van der Waals surface area contributed by atoms with Gasteiger partial charge in [-0.25, -0.2) is 9.97 Å². The number of hydrogen-bond acceptors (Lipinski definition) is 6. The van der Waals surface area contributed by atoms with Crippen LogP contribution in [-0.2, 0) is 22.4 Å². The van der Waals surface area contributed by atoms with E-state index >= 15 is 0 Å². The van der Waals surface area contributed by atoms with Crippen LogP contribution in [0.4, 0.5) is 19.1 Å². The first kappa shape index (κ1) is 26.2. The van der Waals surface area contributed by atoms with Gasteiger partial charge in [-0.15, -0.1) is 0 Å². The Balaban J connectivity index is 0.000000252. The van der Waals surface area contributed by atoms with Crippen LogP contribution < -0.4 is 4.90 Å². The molecule has 10 heteroatoms. The Bertz CT molecular complexity index is 846. The first-order chi connectivity index (χ1) is 16.2. The molecule has 1 aromatic heterocycles. The van der Waals surface area contributed by atoms with Gasteiger partial charge in [-0.3, -0.25) is 9.69 Å². The molecular formula is C24H36F3N5O2. The van der Waals surface area contributed by atoms with Crippen LogP contribution in [0.3, 0.4) is 0 Å². The molecule has 34 heavy (non-hydrogen) atoms. The van der Waals surface area contributed by atoms with Crippen molar-refractivity contribution >= 4 is 12.4 Å². The molecule has 0 aromatic carbocycles. The first-order valence-electron chi connectivity index (χ1n) is 12.1. The molecule has 2 aliphatic heterocycles. The largest absolute Gasteiger partial charge is 0.489 e. The lowest BCUT2D eigenvalue weighted by molar-refractivity contribution is -0.131. The summed E-state index contributed by atoms with van der Waals surface area (Å²) < 4.78 is 40.3. The molecule has 7 nitrogen and oxygen atoms in total. The van der Waals surface area contributed by atoms with Crippen molar-refractivity contribution in [2.45, 2.75) is 65.1 Å². The van der Waals surface area contributed by atoms with E-state index in [0.29, 0.717) is 0 Å². The number of anilines is 1. The van der Waals surface area contributed by atoms with Crippen LogP contribution in [0.5, 0.6) is 0 Å². The summed E-state index contributed by atoms with van der Waals surface area (Å²) in [5.41, 5.74) is 2.48. The quantitative estimate of drug-likeness (QED) is 0.471. The minimum Gasteiger partial charge on any atom is -0.489 e. The monoisotopic (exact) mass is 483 g/mol. The topological polar surface area (TPSA) is 61.8 Å². The van der Waals surface area contributed by atoms with Crippen molar-refractivity contribution in [3.8, 4) is 0 Å². The Morgan fingerprint density at radius 3 is 2.29 bits per heavy atom. The molecule has 0 unspecified atom stereocenters. The second-order valence-corrected chi connectivity index (χ2v) is 9.15. The van der Waals surface area contributed by atoms with Gasteiger partial charge in [0.05, 0.1) is 12.3 Å². The lowest BCUT2D eigenvalue weighted by Crippen LogP contribution is -2.52. The summed E-state index contributed by atoms with van der Waals surface area (Å²) in [6.07, 6.45) is 4.43. The fourth-order valence-corrected chi connectivity index (χ4v) is 4.43. The summed E-state index contributed by atoms with van der Waals surface area (Å²) in [6.45, 7) is 10.2. The molecule has 1 amide bonds. The predicted octanol–water partition coefficient (Wildman–Crippen LogP) is 3.59. The first-order valence-corrected chi connectivity index (χ1v) is 12.1. The average Bonchev–Trinajstić information content (AvgIpc) is 2.98. The van der Waals surface area contributed by atoms with Gasteiger partial charge in [-0.2, -0.15) is 13.2 Å². The molecule has 3 heterocycles. The number of aromatic nitrogens is 2. The third-order valence-electron chi connectivity index (χ3n) is 6.58. The molecule has 0 bridgehead atoms. The standard InChI is InChI=1S/C17H25N5O.C7H11F3O/c23-13-20-6-4-14-12-18-17(19-16(14)5-7-20)22-10-8-21(9-11-22)15-2-1-3-15;1-4-11-6(5(2)3)7(8,9)10/h12-13,15H,1-11H2;4H2,1-3H3. The highest BCUT2D eigenvalue weighted by atomic mass is 19.4. The van der Waals surface area contributed by atoms with E-state index in [-0.39, 0.29) is 12.2 Å². The number of rotatable bonds is 5. The number of halogens is 3. The zero-order chi connectivity index (χ0) is 24.7. The van der Waals surface area contributed by atoms with E-state index < -0.39 is 11.9 Å². The molecule has 0 radical (unpaired) electrons. The third-order valence-corrected chi connectivity index (χ3v) is 6.58. The van der Waals surface area contributed by atoms with E-state index in [2.05, 4.69) is 19.5 Å². The third kappa shape index (κ3) is 6.84. The van der Waals surface area contributed by atoms with Crippen LogP contribution in [0.1, 0.15) is 51.3 Å². The summed E-state index contributed by atoms with van der Waals surface area (Å²) in [4.78, 5) is 27.2. The molecule has 190 valence electrons. The minimum atomic E-state index is -4.35. The lowest BCUT2D eigenvalue weighted by atomic mass is 9.91. The maximum absolute atomic E-state index is 12.0. The van der Waals surface area contributed by atoms with E-state index in [1.807, 2.05) is 11.1 Å². The Kier molecular flexibility index (Phi) is 9.16. The van der Waals surface area contributed by atoms with Gasteiger partial charge in [0.2, 0.25) is 12.4 Å². The molecule has 0 N–H and O–H groups in total. The maximum Gasteiger partial charge on any atom is 0.448 e. The second-order valence-electron chi connectivity index (χ2n) is 9.15. The Labute approximate surface area is 200 Å². The number of piperazine rings is 1. The van der Waals surface area contributed by atoms with Gasteiger partial charge in [0, 0.05) is 57.9 Å². The van der Waals surface area contributed by atoms with E-state index in [4.69, 9.17) is 4.98 Å². The summed E-state index contributed by atoms with van der Waals surface area (Å²) in [6, 6.07) is 0.833. The maximum atomic E-state index is 12.0. The molecular weight excluding hydrogens is 447 g/mol. The molecule has 2 fully saturated rings. The Hall–Kier alpha value is -2.36. The molecule has 1 aliphatic carbocycles. The summed E-state index contributed by atoms with van der Waals surface area (Å²) in [7, 11) is 0. The van der Waals surface area contributed by atoms with Crippen molar-refractivity contribution in [1.82, 2.24) is 19.8 Å². The summed E-state index contributed by atoms with van der Waals surface area (Å²) in [5, 5.41) is 0. The van der Waals surface area contributed by atoms with Crippen LogP contribution in [0.15, 0.2) is 17.5 Å². The van der Waals surface area contributed by atoms with Crippen LogP contribution in [-0.4, -0.2) is 84.3 Å². The fraction of sp³-hybridized carbons (Fsp3) is 0.708. The number of carbonyl (C=O) groups is 1. The highest BCUT2D eigenvalue weighted by Gasteiger charge is 2.36.